The van der Waals surface area contributed by atoms with Gasteiger partial charge in [0.1, 0.15) is 25.3 Å². The van der Waals surface area contributed by atoms with Gasteiger partial charge in [0.25, 0.3) is 0 Å². The molecule has 0 aliphatic carbocycles. The van der Waals surface area contributed by atoms with E-state index in [1.54, 1.807) is 0 Å². The summed E-state index contributed by atoms with van der Waals surface area (Å²) >= 11 is 0. The molecule has 2 N–H and O–H groups in total. The van der Waals surface area contributed by atoms with Gasteiger partial charge >= 0.3 is 11.9 Å². The summed E-state index contributed by atoms with van der Waals surface area (Å²) in [5.74, 6) is -0.181. The Bertz CT molecular complexity index is 807. The number of rotatable bonds is 39. The van der Waals surface area contributed by atoms with Gasteiger partial charge in [0.15, 0.2) is 0 Å². The normalized spacial score (nSPS) is 12.9. The SMILES string of the molecule is CCCCCCCCCC(=O)OCCC[N+](C)(C)CC(O)CN(CCCCCCCC)CC(O)C[N+](C)(C)CCCOC(=O)CCCCCCCCC.[Cl-].[Cl-]. The Morgan fingerprint density at radius 2 is 0.800 bits per heavy atom. The molecule has 11 heteroatoms. The van der Waals surface area contributed by atoms with E-state index < -0.39 is 12.2 Å². The summed E-state index contributed by atoms with van der Waals surface area (Å²) in [5.41, 5.74) is 0. The third-order valence-electron chi connectivity index (χ3n) is 10.5. The molecule has 2 atom stereocenters. The number of aliphatic hydroxyl groups excluding tert-OH is 2. The minimum Gasteiger partial charge on any atom is -1.00 e. The summed E-state index contributed by atoms with van der Waals surface area (Å²) in [4.78, 5) is 26.6. The van der Waals surface area contributed by atoms with Gasteiger partial charge in [0.2, 0.25) is 0 Å². The smallest absolute Gasteiger partial charge is 0.305 e. The van der Waals surface area contributed by atoms with Gasteiger partial charge in [-0.3, -0.25) is 14.5 Å². The van der Waals surface area contributed by atoms with Crippen molar-refractivity contribution in [1.29, 1.82) is 0 Å². The summed E-state index contributed by atoms with van der Waals surface area (Å²) in [6.07, 6.45) is 25.4. The van der Waals surface area contributed by atoms with Crippen LogP contribution in [0.15, 0.2) is 0 Å². The number of halogens is 2. The number of likely N-dealkylation sites (N-methyl/N-ethyl adjacent to an activating group) is 2. The molecule has 332 valence electrons. The number of esters is 2. The third-order valence-corrected chi connectivity index (χ3v) is 10.5. The lowest BCUT2D eigenvalue weighted by molar-refractivity contribution is -0.893. The van der Waals surface area contributed by atoms with E-state index in [9.17, 15) is 19.8 Å². The van der Waals surface area contributed by atoms with E-state index in [0.717, 1.165) is 64.6 Å². The summed E-state index contributed by atoms with van der Waals surface area (Å²) < 4.78 is 12.3. The molecule has 0 aliphatic rings. The van der Waals surface area contributed by atoms with Crippen molar-refractivity contribution in [3.05, 3.63) is 0 Å². The van der Waals surface area contributed by atoms with Crippen LogP contribution in [0.5, 0.6) is 0 Å². The summed E-state index contributed by atoms with van der Waals surface area (Å²) in [6.45, 7) is 12.3. The average molecular weight is 829 g/mol. The predicted octanol–water partition coefficient (Wildman–Crippen LogP) is 2.68. The van der Waals surface area contributed by atoms with E-state index in [1.165, 1.54) is 96.3 Å². The van der Waals surface area contributed by atoms with E-state index in [0.29, 0.717) is 61.2 Å². The molecule has 55 heavy (non-hydrogen) atoms. The zero-order chi connectivity index (χ0) is 39.6. The fourth-order valence-corrected chi connectivity index (χ4v) is 7.36. The second-order valence-electron chi connectivity index (χ2n) is 17.4. The lowest BCUT2D eigenvalue weighted by atomic mass is 10.1. The molecule has 0 bridgehead atoms. The van der Waals surface area contributed by atoms with E-state index in [2.05, 4.69) is 53.9 Å². The number of quaternary nitrogens is 2. The topological polar surface area (TPSA) is 96.3 Å². The van der Waals surface area contributed by atoms with Crippen LogP contribution in [0.2, 0.25) is 0 Å². The highest BCUT2D eigenvalue weighted by molar-refractivity contribution is 5.69. The lowest BCUT2D eigenvalue weighted by Crippen LogP contribution is -3.00. The Morgan fingerprint density at radius 3 is 1.15 bits per heavy atom. The van der Waals surface area contributed by atoms with Gasteiger partial charge in [0.05, 0.1) is 54.5 Å². The zero-order valence-corrected chi connectivity index (χ0v) is 38.6. The average Bonchev–Trinajstić information content (AvgIpc) is 3.08. The summed E-state index contributed by atoms with van der Waals surface area (Å²) in [7, 11) is 8.51. The Morgan fingerprint density at radius 1 is 0.491 bits per heavy atom. The van der Waals surface area contributed by atoms with E-state index in [4.69, 9.17) is 9.47 Å². The monoisotopic (exact) mass is 828 g/mol. The van der Waals surface area contributed by atoms with Crippen LogP contribution in [-0.2, 0) is 19.1 Å². The summed E-state index contributed by atoms with van der Waals surface area (Å²) in [6, 6.07) is 0. The molecule has 0 aromatic rings. The Kier molecular flexibility index (Phi) is 41.4. The molecule has 0 saturated heterocycles. The first kappa shape index (κ1) is 58.6. The van der Waals surface area contributed by atoms with Gasteiger partial charge in [-0.05, 0) is 25.8 Å². The van der Waals surface area contributed by atoms with Gasteiger partial charge < -0.3 is 53.5 Å². The Labute approximate surface area is 353 Å². The molecule has 2 unspecified atom stereocenters. The number of aliphatic hydroxyl groups is 2. The van der Waals surface area contributed by atoms with Gasteiger partial charge in [-0.2, -0.15) is 0 Å². The molecule has 0 amide bonds. The second-order valence-corrected chi connectivity index (χ2v) is 17.4. The van der Waals surface area contributed by atoms with Crippen molar-refractivity contribution in [1.82, 2.24) is 4.90 Å². The van der Waals surface area contributed by atoms with Gasteiger partial charge in [0, 0.05) is 38.8 Å². The largest absolute Gasteiger partial charge is 1.00 e. The first-order valence-electron chi connectivity index (χ1n) is 22.4. The molecule has 0 rings (SSSR count). The highest BCUT2D eigenvalue weighted by Crippen LogP contribution is 2.13. The molecule has 0 aromatic heterocycles. The number of hydrogen-bond acceptors (Lipinski definition) is 7. The van der Waals surface area contributed by atoms with Crippen molar-refractivity contribution < 1.29 is 63.1 Å². The number of hydrogen-bond donors (Lipinski definition) is 2. The van der Waals surface area contributed by atoms with Crippen molar-refractivity contribution >= 4 is 11.9 Å². The first-order chi connectivity index (χ1) is 25.3. The molecule has 0 fully saturated rings. The van der Waals surface area contributed by atoms with Gasteiger partial charge in [-0.25, -0.2) is 0 Å². The van der Waals surface area contributed by atoms with Crippen molar-refractivity contribution in [2.75, 3.05) is 87.2 Å². The number of carbonyl (C=O) groups is 2. The van der Waals surface area contributed by atoms with Crippen LogP contribution in [0.3, 0.4) is 0 Å². The second kappa shape index (κ2) is 38.8. The third kappa shape index (κ3) is 39.9. The van der Waals surface area contributed by atoms with Gasteiger partial charge in [-0.15, -0.1) is 0 Å². The molecule has 0 radical (unpaired) electrons. The van der Waals surface area contributed by atoms with Crippen LogP contribution in [0.4, 0.5) is 0 Å². The quantitative estimate of drug-likeness (QED) is 0.0560. The lowest BCUT2D eigenvalue weighted by Gasteiger charge is -2.36. The molecular formula is C44H91Cl2N3O6. The van der Waals surface area contributed by atoms with Crippen LogP contribution in [0.1, 0.15) is 175 Å². The molecule has 0 spiro atoms. The molecule has 9 nitrogen and oxygen atoms in total. The van der Waals surface area contributed by atoms with Crippen molar-refractivity contribution in [2.45, 2.75) is 187 Å². The standard InChI is InChI=1S/C44H91N3O6.2ClH/c1-8-11-14-17-20-22-25-30-43(50)52-35-28-33-46(4,5)39-41(48)37-45(32-27-24-19-16-13-10-3)38-42(49)40-47(6,7)34-29-36-53-44(51)31-26-23-21-18-15-12-9-2;;/h41-42,48-49H,8-40H2,1-7H3;2*1H/q+2;;/p-2. The fraction of sp³-hybridized carbons (Fsp3) is 0.955. The predicted molar refractivity (Wildman–Crippen MR) is 222 cm³/mol. The minimum absolute atomic E-state index is 0. The Hall–Kier alpha value is -0.680. The highest BCUT2D eigenvalue weighted by Gasteiger charge is 2.26. The Balaban J connectivity index is -0.0000135. The fourth-order valence-electron chi connectivity index (χ4n) is 7.36. The maximum absolute atomic E-state index is 12.2. The molecule has 0 heterocycles. The van der Waals surface area contributed by atoms with Crippen molar-refractivity contribution in [3.63, 3.8) is 0 Å². The van der Waals surface area contributed by atoms with E-state index in [-0.39, 0.29) is 36.8 Å². The van der Waals surface area contributed by atoms with Crippen LogP contribution in [-0.4, -0.2) is 135 Å². The first-order valence-corrected chi connectivity index (χ1v) is 22.4. The van der Waals surface area contributed by atoms with E-state index >= 15 is 0 Å². The number of ether oxygens (including phenoxy) is 2. The van der Waals surface area contributed by atoms with Crippen molar-refractivity contribution in [3.8, 4) is 0 Å². The van der Waals surface area contributed by atoms with Crippen LogP contribution in [0, 0.1) is 0 Å². The van der Waals surface area contributed by atoms with Crippen LogP contribution < -0.4 is 24.8 Å². The maximum atomic E-state index is 12.2. The molecule has 0 aromatic carbocycles. The van der Waals surface area contributed by atoms with Crippen LogP contribution >= 0.6 is 0 Å². The number of unbranched alkanes of at least 4 members (excludes halogenated alkanes) is 17. The highest BCUT2D eigenvalue weighted by atomic mass is 35.5. The van der Waals surface area contributed by atoms with E-state index in [1.807, 2.05) is 0 Å². The van der Waals surface area contributed by atoms with Crippen molar-refractivity contribution in [2.24, 2.45) is 0 Å². The molecule has 0 aliphatic heterocycles. The molecule has 0 saturated carbocycles. The van der Waals surface area contributed by atoms with Gasteiger partial charge in [-0.1, -0.05) is 130 Å². The molecular weight excluding hydrogens is 737 g/mol. The maximum Gasteiger partial charge on any atom is 0.305 e. The summed E-state index contributed by atoms with van der Waals surface area (Å²) in [5, 5.41) is 22.5. The van der Waals surface area contributed by atoms with Crippen LogP contribution in [0.25, 0.3) is 0 Å². The minimum atomic E-state index is -0.518. The number of nitrogens with zero attached hydrogens (tertiary/aromatic N) is 3. The number of carbonyl (C=O) groups excluding carboxylic acids is 2. The zero-order valence-electron chi connectivity index (χ0n) is 37.1.